The van der Waals surface area contributed by atoms with Crippen molar-refractivity contribution in [3.05, 3.63) is 53.9 Å². The Morgan fingerprint density at radius 2 is 1.57 bits per heavy atom. The molecule has 2 N–H and O–H groups in total. The molecule has 28 heavy (non-hydrogen) atoms. The molecule has 7 heteroatoms. The minimum atomic E-state index is 0.437. The number of para-hydroxylation sites is 1. The summed E-state index contributed by atoms with van der Waals surface area (Å²) >= 11 is 0. The number of rotatable bonds is 8. The molecule has 146 valence electrons. The number of anilines is 4. The molecule has 1 aromatic heterocycles. The van der Waals surface area contributed by atoms with Crippen molar-refractivity contribution in [1.82, 2.24) is 15.0 Å². The Kier molecular flexibility index (Phi) is 6.26. The molecule has 0 aliphatic rings. The molecule has 0 atom stereocenters. The molecular formula is C21H25N5O2. The van der Waals surface area contributed by atoms with Gasteiger partial charge >= 0.3 is 0 Å². The van der Waals surface area contributed by atoms with Gasteiger partial charge in [-0.25, -0.2) is 0 Å². The molecule has 3 aromatic rings. The summed E-state index contributed by atoms with van der Waals surface area (Å²) in [5.41, 5.74) is 2.98. The van der Waals surface area contributed by atoms with E-state index in [9.17, 15) is 0 Å². The molecule has 0 saturated heterocycles. The topological polar surface area (TPSA) is 81.2 Å². The minimum absolute atomic E-state index is 0.437. The van der Waals surface area contributed by atoms with E-state index in [1.807, 2.05) is 37.3 Å². The van der Waals surface area contributed by atoms with Crippen molar-refractivity contribution in [2.24, 2.45) is 0 Å². The summed E-state index contributed by atoms with van der Waals surface area (Å²) in [6.45, 7) is 4.00. The molecule has 3 rings (SSSR count). The first kappa shape index (κ1) is 19.4. The molecule has 7 nitrogen and oxygen atoms in total. The highest BCUT2D eigenvalue weighted by Gasteiger charge is 2.10. The number of hydrogen-bond donors (Lipinski definition) is 2. The summed E-state index contributed by atoms with van der Waals surface area (Å²) in [5.74, 6) is 2.89. The van der Waals surface area contributed by atoms with Gasteiger partial charge in [-0.3, -0.25) is 0 Å². The van der Waals surface area contributed by atoms with Crippen LogP contribution in [0.25, 0.3) is 0 Å². The fraction of sp³-hybridized carbons (Fsp3) is 0.286. The number of benzene rings is 2. The summed E-state index contributed by atoms with van der Waals surface area (Å²) in [5, 5.41) is 6.52. The summed E-state index contributed by atoms with van der Waals surface area (Å²) in [4.78, 5) is 13.3. The first-order valence-corrected chi connectivity index (χ1v) is 9.19. The first-order valence-electron chi connectivity index (χ1n) is 9.19. The lowest BCUT2D eigenvalue weighted by Crippen LogP contribution is -2.07. The van der Waals surface area contributed by atoms with E-state index in [1.54, 1.807) is 20.3 Å². The molecule has 0 fully saturated rings. The molecule has 0 bridgehead atoms. The third-order valence-electron chi connectivity index (χ3n) is 4.19. The standard InChI is InChI=1S/C21H25N5O2/c1-5-8-15-9-6-7-10-17(15)24-20-22-14(2)23-21(26-20)25-18-12-11-16(27-3)13-19(18)28-4/h6-7,9-13H,5,8H2,1-4H3,(H2,22,23,24,25,26). The zero-order chi connectivity index (χ0) is 19.9. The maximum atomic E-state index is 5.43. The van der Waals surface area contributed by atoms with Gasteiger partial charge in [0.1, 0.15) is 17.3 Å². The van der Waals surface area contributed by atoms with E-state index in [0.717, 1.165) is 24.2 Å². The van der Waals surface area contributed by atoms with Crippen LogP contribution in [-0.4, -0.2) is 29.2 Å². The number of hydrogen-bond acceptors (Lipinski definition) is 7. The van der Waals surface area contributed by atoms with Crippen molar-refractivity contribution in [2.45, 2.75) is 26.7 Å². The van der Waals surface area contributed by atoms with Crippen LogP contribution in [0.15, 0.2) is 42.5 Å². The van der Waals surface area contributed by atoms with Crippen molar-refractivity contribution >= 4 is 23.3 Å². The SMILES string of the molecule is CCCc1ccccc1Nc1nc(C)nc(Nc2ccc(OC)cc2OC)n1. The maximum absolute atomic E-state index is 5.43. The van der Waals surface area contributed by atoms with E-state index in [-0.39, 0.29) is 0 Å². The highest BCUT2D eigenvalue weighted by molar-refractivity contribution is 5.65. The van der Waals surface area contributed by atoms with Crippen molar-refractivity contribution in [1.29, 1.82) is 0 Å². The van der Waals surface area contributed by atoms with Crippen molar-refractivity contribution in [2.75, 3.05) is 24.9 Å². The Balaban J connectivity index is 1.86. The molecule has 0 radical (unpaired) electrons. The normalized spacial score (nSPS) is 10.4. The van der Waals surface area contributed by atoms with Gasteiger partial charge in [0.15, 0.2) is 0 Å². The number of methoxy groups -OCH3 is 2. The second kappa shape index (κ2) is 9.03. The Hall–Kier alpha value is -3.35. The van der Waals surface area contributed by atoms with Crippen LogP contribution in [0, 0.1) is 6.92 Å². The molecule has 2 aromatic carbocycles. The molecule has 0 amide bonds. The Labute approximate surface area is 165 Å². The smallest absolute Gasteiger partial charge is 0.232 e. The summed E-state index contributed by atoms with van der Waals surface area (Å²) in [7, 11) is 3.22. The number of aromatic nitrogens is 3. The average molecular weight is 379 g/mol. The summed E-state index contributed by atoms with van der Waals surface area (Å²) < 4.78 is 10.7. The van der Waals surface area contributed by atoms with Gasteiger partial charge in [0.25, 0.3) is 0 Å². The highest BCUT2D eigenvalue weighted by Crippen LogP contribution is 2.31. The third kappa shape index (κ3) is 4.68. The zero-order valence-electron chi connectivity index (χ0n) is 16.6. The fourth-order valence-corrected chi connectivity index (χ4v) is 2.87. The highest BCUT2D eigenvalue weighted by atomic mass is 16.5. The monoisotopic (exact) mass is 379 g/mol. The van der Waals surface area contributed by atoms with Crippen LogP contribution >= 0.6 is 0 Å². The number of ether oxygens (including phenoxy) is 2. The largest absolute Gasteiger partial charge is 0.497 e. The molecule has 0 aliphatic carbocycles. The van der Waals surface area contributed by atoms with Crippen LogP contribution in [0.3, 0.4) is 0 Å². The van der Waals surface area contributed by atoms with Gasteiger partial charge in [0.05, 0.1) is 19.9 Å². The van der Waals surface area contributed by atoms with Crippen LogP contribution in [0.2, 0.25) is 0 Å². The van der Waals surface area contributed by atoms with E-state index in [0.29, 0.717) is 29.2 Å². The third-order valence-corrected chi connectivity index (χ3v) is 4.19. The van der Waals surface area contributed by atoms with Crippen LogP contribution in [0.1, 0.15) is 24.7 Å². The van der Waals surface area contributed by atoms with Gasteiger partial charge in [-0.1, -0.05) is 31.5 Å². The van der Waals surface area contributed by atoms with Crippen LogP contribution < -0.4 is 20.1 Å². The van der Waals surface area contributed by atoms with E-state index >= 15 is 0 Å². The lowest BCUT2D eigenvalue weighted by Gasteiger charge is -2.14. The van der Waals surface area contributed by atoms with Gasteiger partial charge in [-0.2, -0.15) is 15.0 Å². The van der Waals surface area contributed by atoms with Gasteiger partial charge < -0.3 is 20.1 Å². The average Bonchev–Trinajstić information content (AvgIpc) is 2.69. The predicted molar refractivity (Wildman–Crippen MR) is 111 cm³/mol. The van der Waals surface area contributed by atoms with Crippen molar-refractivity contribution in [3.8, 4) is 11.5 Å². The van der Waals surface area contributed by atoms with Crippen LogP contribution in [0.5, 0.6) is 11.5 Å². The zero-order valence-corrected chi connectivity index (χ0v) is 16.6. The number of aryl methyl sites for hydroxylation is 2. The lowest BCUT2D eigenvalue weighted by atomic mass is 10.1. The van der Waals surface area contributed by atoms with Gasteiger partial charge in [-0.05, 0) is 37.1 Å². The van der Waals surface area contributed by atoms with Crippen molar-refractivity contribution < 1.29 is 9.47 Å². The number of nitrogens with one attached hydrogen (secondary N) is 2. The second-order valence-electron chi connectivity index (χ2n) is 6.25. The van der Waals surface area contributed by atoms with Crippen molar-refractivity contribution in [3.63, 3.8) is 0 Å². The summed E-state index contributed by atoms with van der Waals surface area (Å²) in [6.07, 6.45) is 2.06. The summed E-state index contributed by atoms with van der Waals surface area (Å²) in [6, 6.07) is 13.7. The molecule has 0 saturated carbocycles. The Morgan fingerprint density at radius 3 is 2.25 bits per heavy atom. The van der Waals surface area contributed by atoms with Crippen LogP contribution in [-0.2, 0) is 6.42 Å². The quantitative estimate of drug-likeness (QED) is 0.590. The molecule has 0 aliphatic heterocycles. The van der Waals surface area contributed by atoms with Crippen LogP contribution in [0.4, 0.5) is 23.3 Å². The van der Waals surface area contributed by atoms with E-state index in [1.165, 1.54) is 5.56 Å². The van der Waals surface area contributed by atoms with E-state index < -0.39 is 0 Å². The van der Waals surface area contributed by atoms with Gasteiger partial charge in [0.2, 0.25) is 11.9 Å². The Morgan fingerprint density at radius 1 is 0.857 bits per heavy atom. The fourth-order valence-electron chi connectivity index (χ4n) is 2.87. The molecule has 0 unspecified atom stereocenters. The minimum Gasteiger partial charge on any atom is -0.497 e. The number of nitrogens with zero attached hydrogens (tertiary/aromatic N) is 3. The first-order chi connectivity index (χ1) is 13.6. The molecule has 1 heterocycles. The Bertz CT molecular complexity index is 946. The second-order valence-corrected chi connectivity index (χ2v) is 6.25. The molecule has 0 spiro atoms. The lowest BCUT2D eigenvalue weighted by molar-refractivity contribution is 0.395. The maximum Gasteiger partial charge on any atom is 0.232 e. The predicted octanol–water partition coefficient (Wildman–Crippen LogP) is 4.64. The molecular weight excluding hydrogens is 354 g/mol. The van der Waals surface area contributed by atoms with Gasteiger partial charge in [-0.15, -0.1) is 0 Å². The van der Waals surface area contributed by atoms with Gasteiger partial charge in [0, 0.05) is 11.8 Å². The van der Waals surface area contributed by atoms with E-state index in [2.05, 4.69) is 38.6 Å². The van der Waals surface area contributed by atoms with E-state index in [4.69, 9.17) is 9.47 Å².